The minimum atomic E-state index is 0.241. The van der Waals surface area contributed by atoms with Gasteiger partial charge in [0, 0.05) is 9.75 Å². The molecular weight excluding hydrogens is 200 g/mol. The topological polar surface area (TPSA) is 0 Å². The first-order valence-electron chi connectivity index (χ1n) is 4.94. The van der Waals surface area contributed by atoms with Crippen LogP contribution in [0.3, 0.4) is 0 Å². The van der Waals surface area contributed by atoms with Crippen molar-refractivity contribution >= 4 is 22.9 Å². The van der Waals surface area contributed by atoms with Gasteiger partial charge in [-0.1, -0.05) is 26.2 Å². The van der Waals surface area contributed by atoms with Crippen molar-refractivity contribution in [3.8, 4) is 0 Å². The van der Waals surface area contributed by atoms with Crippen molar-refractivity contribution in [2.24, 2.45) is 0 Å². The Morgan fingerprint density at radius 3 is 2.69 bits per heavy atom. The fourth-order valence-electron chi connectivity index (χ4n) is 1.34. The van der Waals surface area contributed by atoms with Gasteiger partial charge in [0.05, 0.1) is 5.38 Å². The van der Waals surface area contributed by atoms with Gasteiger partial charge >= 0.3 is 0 Å². The largest absolute Gasteiger partial charge is 0.144 e. The summed E-state index contributed by atoms with van der Waals surface area (Å²) in [6.45, 7) is 4.35. The van der Waals surface area contributed by atoms with Crippen LogP contribution in [0.2, 0.25) is 0 Å². The van der Waals surface area contributed by atoms with Gasteiger partial charge in [-0.2, -0.15) is 0 Å². The molecule has 0 saturated carbocycles. The molecule has 1 aromatic heterocycles. The van der Waals surface area contributed by atoms with Gasteiger partial charge in [-0.3, -0.25) is 0 Å². The standard InChI is InChI=1S/C11H17ClS/c1-3-4-5-6-10(12)11-8-7-9(2)13-11/h7-8,10H,3-6H2,1-2H3. The van der Waals surface area contributed by atoms with E-state index >= 15 is 0 Å². The molecule has 0 radical (unpaired) electrons. The molecule has 74 valence electrons. The number of hydrogen-bond donors (Lipinski definition) is 0. The minimum Gasteiger partial charge on any atom is -0.144 e. The number of unbranched alkanes of at least 4 members (excludes halogenated alkanes) is 2. The number of halogens is 1. The Labute approximate surface area is 89.9 Å². The Morgan fingerprint density at radius 2 is 2.15 bits per heavy atom. The lowest BCUT2D eigenvalue weighted by Gasteiger charge is -2.05. The van der Waals surface area contributed by atoms with Crippen molar-refractivity contribution < 1.29 is 0 Å². The maximum Gasteiger partial charge on any atom is 0.0678 e. The summed E-state index contributed by atoms with van der Waals surface area (Å²) in [6.07, 6.45) is 4.94. The van der Waals surface area contributed by atoms with Crippen LogP contribution in [0.5, 0.6) is 0 Å². The van der Waals surface area contributed by atoms with E-state index in [1.54, 1.807) is 0 Å². The molecule has 0 saturated heterocycles. The summed E-state index contributed by atoms with van der Waals surface area (Å²) in [5.41, 5.74) is 0. The molecule has 0 bridgehead atoms. The molecule has 1 atom stereocenters. The van der Waals surface area contributed by atoms with Crippen molar-refractivity contribution in [1.29, 1.82) is 0 Å². The first kappa shape index (κ1) is 11.1. The van der Waals surface area contributed by atoms with Crippen LogP contribution in [0, 0.1) is 6.92 Å². The van der Waals surface area contributed by atoms with Crippen molar-refractivity contribution in [2.75, 3.05) is 0 Å². The fourth-order valence-corrected chi connectivity index (χ4v) is 2.59. The molecule has 0 aliphatic heterocycles. The average molecular weight is 217 g/mol. The summed E-state index contributed by atoms with van der Waals surface area (Å²) in [5, 5.41) is 0.241. The van der Waals surface area contributed by atoms with E-state index in [1.807, 2.05) is 11.3 Å². The zero-order chi connectivity index (χ0) is 9.68. The van der Waals surface area contributed by atoms with Gasteiger partial charge in [-0.05, 0) is 25.5 Å². The lowest BCUT2D eigenvalue weighted by Crippen LogP contribution is -1.86. The zero-order valence-electron chi connectivity index (χ0n) is 8.35. The van der Waals surface area contributed by atoms with Crippen LogP contribution in [-0.2, 0) is 0 Å². The summed E-state index contributed by atoms with van der Waals surface area (Å²) in [6, 6.07) is 4.30. The molecule has 0 aliphatic carbocycles. The monoisotopic (exact) mass is 216 g/mol. The molecule has 1 aromatic rings. The quantitative estimate of drug-likeness (QED) is 0.484. The van der Waals surface area contributed by atoms with E-state index < -0.39 is 0 Å². The van der Waals surface area contributed by atoms with Crippen molar-refractivity contribution in [2.45, 2.75) is 44.9 Å². The number of alkyl halides is 1. The molecule has 1 unspecified atom stereocenters. The smallest absolute Gasteiger partial charge is 0.0678 e. The first-order valence-corrected chi connectivity index (χ1v) is 6.19. The number of aryl methyl sites for hydroxylation is 1. The van der Waals surface area contributed by atoms with Crippen molar-refractivity contribution in [3.05, 3.63) is 21.9 Å². The normalized spacial score (nSPS) is 13.2. The lowest BCUT2D eigenvalue weighted by molar-refractivity contribution is 0.659. The van der Waals surface area contributed by atoms with Crippen molar-refractivity contribution in [1.82, 2.24) is 0 Å². The van der Waals surface area contributed by atoms with Crippen LogP contribution in [-0.4, -0.2) is 0 Å². The van der Waals surface area contributed by atoms with Gasteiger partial charge < -0.3 is 0 Å². The van der Waals surface area contributed by atoms with Crippen LogP contribution in [0.15, 0.2) is 12.1 Å². The summed E-state index contributed by atoms with van der Waals surface area (Å²) < 4.78 is 0. The Balaban J connectivity index is 2.35. The summed E-state index contributed by atoms with van der Waals surface area (Å²) in [7, 11) is 0. The second-order valence-corrected chi connectivity index (χ2v) is 5.26. The predicted molar refractivity (Wildman–Crippen MR) is 61.8 cm³/mol. The number of thiophene rings is 1. The molecule has 0 aromatic carbocycles. The van der Waals surface area contributed by atoms with E-state index in [2.05, 4.69) is 26.0 Å². The molecule has 0 nitrogen and oxygen atoms in total. The van der Waals surface area contributed by atoms with E-state index in [9.17, 15) is 0 Å². The fraction of sp³-hybridized carbons (Fsp3) is 0.636. The Hall–Kier alpha value is -0.0100. The van der Waals surface area contributed by atoms with Crippen LogP contribution in [0.1, 0.15) is 47.7 Å². The van der Waals surface area contributed by atoms with Gasteiger partial charge in [-0.25, -0.2) is 0 Å². The van der Waals surface area contributed by atoms with Crippen molar-refractivity contribution in [3.63, 3.8) is 0 Å². The number of hydrogen-bond acceptors (Lipinski definition) is 1. The van der Waals surface area contributed by atoms with E-state index in [-0.39, 0.29) is 5.38 Å². The van der Waals surface area contributed by atoms with Crippen LogP contribution >= 0.6 is 22.9 Å². The first-order chi connectivity index (χ1) is 6.24. The molecule has 2 heteroatoms. The third-order valence-electron chi connectivity index (χ3n) is 2.13. The second kappa shape index (κ2) is 5.66. The predicted octanol–water partition coefficient (Wildman–Crippen LogP) is 4.92. The van der Waals surface area contributed by atoms with E-state index in [1.165, 1.54) is 29.0 Å². The van der Waals surface area contributed by atoms with Crippen LogP contribution in [0.25, 0.3) is 0 Å². The highest BCUT2D eigenvalue weighted by Gasteiger charge is 2.08. The highest BCUT2D eigenvalue weighted by molar-refractivity contribution is 7.12. The summed E-state index contributed by atoms with van der Waals surface area (Å²) in [5.74, 6) is 0. The minimum absolute atomic E-state index is 0.241. The van der Waals surface area contributed by atoms with Gasteiger partial charge in [0.1, 0.15) is 0 Å². The van der Waals surface area contributed by atoms with Gasteiger partial charge in [0.25, 0.3) is 0 Å². The maximum atomic E-state index is 6.27. The lowest BCUT2D eigenvalue weighted by atomic mass is 10.1. The SMILES string of the molecule is CCCCCC(Cl)c1ccc(C)s1. The number of rotatable bonds is 5. The third-order valence-corrected chi connectivity index (χ3v) is 3.83. The molecule has 0 amide bonds. The van der Waals surface area contributed by atoms with E-state index in [4.69, 9.17) is 11.6 Å². The third kappa shape index (κ3) is 3.70. The molecular formula is C11H17ClS. The van der Waals surface area contributed by atoms with Crippen LogP contribution in [0.4, 0.5) is 0 Å². The Kier molecular flexibility index (Phi) is 4.82. The average Bonchev–Trinajstić information content (AvgIpc) is 2.52. The molecule has 0 fully saturated rings. The Bertz CT molecular complexity index is 242. The zero-order valence-corrected chi connectivity index (χ0v) is 9.92. The summed E-state index contributed by atoms with van der Waals surface area (Å²) >= 11 is 8.09. The molecule has 0 N–H and O–H groups in total. The summed E-state index contributed by atoms with van der Waals surface area (Å²) in [4.78, 5) is 2.69. The van der Waals surface area contributed by atoms with E-state index in [0.29, 0.717) is 0 Å². The highest BCUT2D eigenvalue weighted by Crippen LogP contribution is 2.31. The molecule has 1 heterocycles. The van der Waals surface area contributed by atoms with Gasteiger partial charge in [0.2, 0.25) is 0 Å². The highest BCUT2D eigenvalue weighted by atomic mass is 35.5. The molecule has 0 aliphatic rings. The second-order valence-electron chi connectivity index (χ2n) is 3.41. The van der Waals surface area contributed by atoms with E-state index in [0.717, 1.165) is 6.42 Å². The molecule has 0 spiro atoms. The molecule has 13 heavy (non-hydrogen) atoms. The maximum absolute atomic E-state index is 6.27. The van der Waals surface area contributed by atoms with Crippen LogP contribution < -0.4 is 0 Å². The van der Waals surface area contributed by atoms with Gasteiger partial charge in [0.15, 0.2) is 0 Å². The Morgan fingerprint density at radius 1 is 1.38 bits per heavy atom. The molecule has 1 rings (SSSR count). The van der Waals surface area contributed by atoms with Gasteiger partial charge in [-0.15, -0.1) is 22.9 Å².